The summed E-state index contributed by atoms with van der Waals surface area (Å²) in [4.78, 5) is 26.7. The van der Waals surface area contributed by atoms with E-state index in [1.165, 1.54) is 6.33 Å². The number of halogens is 1. The number of fused-ring (bicyclic) bond motifs is 2. The second-order valence-corrected chi connectivity index (χ2v) is 7.76. The van der Waals surface area contributed by atoms with Crippen molar-refractivity contribution in [1.29, 1.82) is 0 Å². The summed E-state index contributed by atoms with van der Waals surface area (Å²) in [5.41, 5.74) is 3.75. The van der Waals surface area contributed by atoms with E-state index in [2.05, 4.69) is 34.2 Å². The predicted molar refractivity (Wildman–Crippen MR) is 125 cm³/mol. The van der Waals surface area contributed by atoms with Crippen molar-refractivity contribution >= 4 is 34.1 Å². The molecule has 6 rings (SSSR count). The molecule has 2 unspecified atom stereocenters. The van der Waals surface area contributed by atoms with E-state index >= 15 is 0 Å². The number of rotatable bonds is 3. The fraction of sp³-hybridized carbons (Fsp3) is 0.120. The van der Waals surface area contributed by atoms with Gasteiger partial charge in [0, 0.05) is 46.4 Å². The largest absolute Gasteiger partial charge is 0.304 e. The monoisotopic (exact) mass is 426 g/mol. The molecule has 0 N–H and O–H groups in total. The van der Waals surface area contributed by atoms with Gasteiger partial charge in [0.1, 0.15) is 6.33 Å². The maximum Gasteiger partial charge on any atom is 0.259 e. The Morgan fingerprint density at radius 1 is 0.871 bits per heavy atom. The number of para-hydroxylation sites is 1. The molecule has 2 aromatic carbocycles. The first-order valence-corrected chi connectivity index (χ1v) is 10.0. The molecule has 31 heavy (non-hydrogen) atoms. The Morgan fingerprint density at radius 3 is 2.45 bits per heavy atom. The highest BCUT2D eigenvalue weighted by atomic mass is 35.5. The van der Waals surface area contributed by atoms with Crippen LogP contribution in [-0.4, -0.2) is 19.5 Å². The predicted octanol–water partition coefficient (Wildman–Crippen LogP) is 5.16. The van der Waals surface area contributed by atoms with E-state index in [0.717, 1.165) is 45.0 Å². The highest BCUT2D eigenvalue weighted by molar-refractivity contribution is 5.86. The fourth-order valence-corrected chi connectivity index (χ4v) is 4.33. The van der Waals surface area contributed by atoms with Crippen LogP contribution in [0.2, 0.25) is 0 Å². The number of benzene rings is 2. The molecule has 3 aromatic heterocycles. The zero-order chi connectivity index (χ0) is 20.1. The van der Waals surface area contributed by atoms with Crippen molar-refractivity contribution in [3.63, 3.8) is 0 Å². The number of nitrogens with zero attached hydrogens (tertiary/aromatic N) is 4. The summed E-state index contributed by atoms with van der Waals surface area (Å²) in [5.74, 6) is 0.219. The van der Waals surface area contributed by atoms with Gasteiger partial charge in [0.05, 0.1) is 11.2 Å². The van der Waals surface area contributed by atoms with E-state index in [4.69, 9.17) is 4.98 Å². The van der Waals surface area contributed by atoms with Gasteiger partial charge < -0.3 is 4.57 Å². The van der Waals surface area contributed by atoms with Crippen LogP contribution in [0.4, 0.5) is 0 Å². The molecule has 1 aliphatic rings. The van der Waals surface area contributed by atoms with Crippen molar-refractivity contribution in [2.75, 3.05) is 0 Å². The molecule has 0 bridgehead atoms. The molecule has 0 saturated heterocycles. The van der Waals surface area contributed by atoms with Crippen LogP contribution < -0.4 is 5.56 Å². The summed E-state index contributed by atoms with van der Waals surface area (Å²) in [5, 5.41) is 2.79. The lowest BCUT2D eigenvalue weighted by molar-refractivity contribution is 0.695. The second kappa shape index (κ2) is 7.60. The number of pyridine rings is 2. The minimum absolute atomic E-state index is 0. The van der Waals surface area contributed by atoms with Gasteiger partial charge in [0.2, 0.25) is 0 Å². The van der Waals surface area contributed by atoms with Crippen molar-refractivity contribution < 1.29 is 0 Å². The lowest BCUT2D eigenvalue weighted by Crippen LogP contribution is -2.22. The smallest absolute Gasteiger partial charge is 0.259 e. The molecule has 3 heterocycles. The van der Waals surface area contributed by atoms with Gasteiger partial charge >= 0.3 is 0 Å². The number of hydrogen-bond acceptors (Lipinski definition) is 4. The molecule has 2 atom stereocenters. The lowest BCUT2D eigenvalue weighted by Gasteiger charge is -2.14. The second-order valence-electron chi connectivity index (χ2n) is 7.76. The molecule has 152 valence electrons. The minimum atomic E-state index is 0. The maximum absolute atomic E-state index is 13.5. The Kier molecular flexibility index (Phi) is 4.75. The van der Waals surface area contributed by atoms with Gasteiger partial charge in [-0.2, -0.15) is 0 Å². The third-order valence-electron chi connectivity index (χ3n) is 5.91. The van der Waals surface area contributed by atoms with E-state index < -0.39 is 0 Å². The molecule has 0 aliphatic heterocycles. The van der Waals surface area contributed by atoms with Crippen LogP contribution in [0.5, 0.6) is 0 Å². The Bertz CT molecular complexity index is 1470. The van der Waals surface area contributed by atoms with E-state index in [1.54, 1.807) is 12.4 Å². The van der Waals surface area contributed by atoms with E-state index in [0.29, 0.717) is 0 Å². The average Bonchev–Trinajstić information content (AvgIpc) is 3.60. The summed E-state index contributed by atoms with van der Waals surface area (Å²) in [6.07, 6.45) is 5.92. The summed E-state index contributed by atoms with van der Waals surface area (Å²) < 4.78 is 1.92. The van der Waals surface area contributed by atoms with Crippen molar-refractivity contribution in [2.24, 2.45) is 0 Å². The van der Waals surface area contributed by atoms with E-state index in [1.807, 2.05) is 47.0 Å². The van der Waals surface area contributed by atoms with Crippen LogP contribution >= 0.6 is 12.4 Å². The molecular weight excluding hydrogens is 408 g/mol. The standard InChI is InChI=1S/C25H18N4O.ClH/c30-25-19-7-3-1-6-17(19)11-23(18-13-26-15-27-14-18)29(25)24-12-20(24)22-10-9-16-5-2-4-8-21(16)28-22;/h1-11,13-15,20,24H,12H2;1H. The van der Waals surface area contributed by atoms with Gasteiger partial charge in [0.25, 0.3) is 5.56 Å². The third-order valence-corrected chi connectivity index (χ3v) is 5.91. The molecular formula is C25H19ClN4O. The first kappa shape index (κ1) is 19.4. The molecule has 5 nitrogen and oxygen atoms in total. The van der Waals surface area contributed by atoms with Crippen molar-refractivity contribution in [1.82, 2.24) is 19.5 Å². The van der Waals surface area contributed by atoms with Gasteiger partial charge in [0.15, 0.2) is 0 Å². The molecule has 1 fully saturated rings. The molecule has 1 saturated carbocycles. The summed E-state index contributed by atoms with van der Waals surface area (Å²) >= 11 is 0. The van der Waals surface area contributed by atoms with Gasteiger partial charge in [-0.1, -0.05) is 42.5 Å². The van der Waals surface area contributed by atoms with Crippen molar-refractivity contribution in [3.05, 3.63) is 101 Å². The number of aromatic nitrogens is 4. The Balaban J connectivity index is 0.00000204. The van der Waals surface area contributed by atoms with Crippen LogP contribution in [0.3, 0.4) is 0 Å². The summed E-state index contributed by atoms with van der Waals surface area (Å²) in [7, 11) is 0. The lowest BCUT2D eigenvalue weighted by atomic mass is 10.1. The van der Waals surface area contributed by atoms with Crippen LogP contribution in [-0.2, 0) is 0 Å². The van der Waals surface area contributed by atoms with Crippen LogP contribution in [0, 0.1) is 0 Å². The zero-order valence-corrected chi connectivity index (χ0v) is 17.4. The quantitative estimate of drug-likeness (QED) is 0.400. The van der Waals surface area contributed by atoms with E-state index in [-0.39, 0.29) is 29.9 Å². The van der Waals surface area contributed by atoms with Crippen LogP contribution in [0.1, 0.15) is 24.1 Å². The van der Waals surface area contributed by atoms with Crippen LogP contribution in [0.15, 0.2) is 90.2 Å². The topological polar surface area (TPSA) is 60.7 Å². The Labute approximate surface area is 184 Å². The molecule has 1 aliphatic carbocycles. The highest BCUT2D eigenvalue weighted by Gasteiger charge is 2.43. The van der Waals surface area contributed by atoms with Gasteiger partial charge in [-0.25, -0.2) is 9.97 Å². The fourth-order valence-electron chi connectivity index (χ4n) is 4.33. The first-order chi connectivity index (χ1) is 14.8. The highest BCUT2D eigenvalue weighted by Crippen LogP contribution is 2.51. The van der Waals surface area contributed by atoms with Crippen molar-refractivity contribution in [2.45, 2.75) is 18.4 Å². The van der Waals surface area contributed by atoms with Crippen LogP contribution in [0.25, 0.3) is 32.9 Å². The van der Waals surface area contributed by atoms with Gasteiger partial charge in [-0.15, -0.1) is 12.4 Å². The average molecular weight is 427 g/mol. The first-order valence-electron chi connectivity index (χ1n) is 10.0. The molecule has 0 amide bonds. The Hall–Kier alpha value is -3.57. The van der Waals surface area contributed by atoms with Gasteiger partial charge in [-0.05, 0) is 36.1 Å². The summed E-state index contributed by atoms with van der Waals surface area (Å²) in [6, 6.07) is 22.2. The normalized spacial score (nSPS) is 17.4. The molecule has 5 aromatic rings. The third kappa shape index (κ3) is 3.27. The summed E-state index contributed by atoms with van der Waals surface area (Å²) in [6.45, 7) is 0. The molecule has 0 radical (unpaired) electrons. The number of hydrogen-bond donors (Lipinski definition) is 0. The molecule has 6 heteroatoms. The van der Waals surface area contributed by atoms with E-state index in [9.17, 15) is 4.79 Å². The maximum atomic E-state index is 13.5. The SMILES string of the molecule is Cl.O=c1c2ccccc2cc(-c2cncnc2)n1C1CC1c1ccc2ccccc2n1. The molecule has 0 spiro atoms. The Morgan fingerprint density at radius 2 is 1.61 bits per heavy atom. The minimum Gasteiger partial charge on any atom is -0.304 e. The van der Waals surface area contributed by atoms with Crippen molar-refractivity contribution in [3.8, 4) is 11.3 Å². The van der Waals surface area contributed by atoms with Gasteiger partial charge in [-0.3, -0.25) is 9.78 Å². The zero-order valence-electron chi connectivity index (χ0n) is 16.6.